The molecule has 0 bridgehead atoms. The fourth-order valence-corrected chi connectivity index (χ4v) is 7.99. The summed E-state index contributed by atoms with van der Waals surface area (Å²) in [5, 5.41) is 4.29. The summed E-state index contributed by atoms with van der Waals surface area (Å²) < 4.78 is 15.5. The molecule has 0 aliphatic heterocycles. The van der Waals surface area contributed by atoms with Crippen molar-refractivity contribution in [3.8, 4) is 28.3 Å². The van der Waals surface area contributed by atoms with Crippen molar-refractivity contribution in [1.82, 2.24) is 9.55 Å². The van der Waals surface area contributed by atoms with Gasteiger partial charge in [0.2, 0.25) is 5.89 Å². The van der Waals surface area contributed by atoms with Gasteiger partial charge in [0.15, 0.2) is 5.58 Å². The fourth-order valence-electron chi connectivity index (χ4n) is 7.99. The highest BCUT2D eigenvalue weighted by Gasteiger charge is 2.23. The highest BCUT2D eigenvalue weighted by atomic mass is 16.4. The first-order valence-corrected chi connectivity index (χ1v) is 18.1. The molecule has 3 heterocycles. The van der Waals surface area contributed by atoms with E-state index >= 15 is 0 Å². The molecule has 0 spiro atoms. The largest absolute Gasteiger partial charge is 0.456 e. The van der Waals surface area contributed by atoms with Crippen LogP contribution in [0.3, 0.4) is 0 Å². The van der Waals surface area contributed by atoms with E-state index in [1.807, 2.05) is 42.5 Å². The van der Waals surface area contributed by atoms with Gasteiger partial charge < -0.3 is 18.3 Å². The minimum atomic E-state index is 0.593. The van der Waals surface area contributed by atoms with E-state index in [1.54, 1.807) is 0 Å². The Kier molecular flexibility index (Phi) is 6.79. The van der Waals surface area contributed by atoms with Crippen molar-refractivity contribution in [1.29, 1.82) is 0 Å². The average Bonchev–Trinajstić information content (AvgIpc) is 3.94. The molecule has 254 valence electrons. The predicted molar refractivity (Wildman–Crippen MR) is 221 cm³/mol. The molecule has 0 aliphatic rings. The molecule has 0 saturated heterocycles. The Balaban J connectivity index is 1.17. The van der Waals surface area contributed by atoms with Crippen molar-refractivity contribution in [2.45, 2.75) is 0 Å². The Hall–Kier alpha value is -7.37. The standard InChI is InChI=1S/C49H31N3O2/c1-4-14-32(15-5-1)34-18-12-21-36(30-34)51(43-25-13-23-39-38-22-10-11-24-42(38)52(47(39)43)35-19-8-3-9-20-35)37-26-27-40-45(31-37)53-44-29-28-41-48(46(40)44)54-49(50-41)33-16-6-2-7-17-33/h1-31H. The Labute approximate surface area is 310 Å². The molecule has 11 aromatic rings. The fraction of sp³-hybridized carbons (Fsp3) is 0. The van der Waals surface area contributed by atoms with E-state index in [4.69, 9.17) is 13.8 Å². The van der Waals surface area contributed by atoms with Gasteiger partial charge in [-0.2, -0.15) is 0 Å². The molecule has 0 fully saturated rings. The van der Waals surface area contributed by atoms with Crippen LogP contribution in [0.25, 0.3) is 83.1 Å². The minimum absolute atomic E-state index is 0.593. The maximum absolute atomic E-state index is 6.64. The van der Waals surface area contributed by atoms with Crippen molar-refractivity contribution in [2.24, 2.45) is 0 Å². The number of nitrogens with zero attached hydrogens (tertiary/aromatic N) is 3. The van der Waals surface area contributed by atoms with Crippen LogP contribution in [0.15, 0.2) is 197 Å². The van der Waals surface area contributed by atoms with Gasteiger partial charge in [-0.1, -0.05) is 109 Å². The van der Waals surface area contributed by atoms with Crippen molar-refractivity contribution >= 4 is 71.9 Å². The number of benzene rings is 8. The summed E-state index contributed by atoms with van der Waals surface area (Å²) in [6.07, 6.45) is 0. The number of anilines is 3. The lowest BCUT2D eigenvalue weighted by Gasteiger charge is -2.27. The molecule has 5 nitrogen and oxygen atoms in total. The third-order valence-corrected chi connectivity index (χ3v) is 10.4. The van der Waals surface area contributed by atoms with Crippen LogP contribution >= 0.6 is 0 Å². The lowest BCUT2D eigenvalue weighted by molar-refractivity contribution is 0.622. The summed E-state index contributed by atoms with van der Waals surface area (Å²) in [7, 11) is 0. The maximum Gasteiger partial charge on any atom is 0.227 e. The van der Waals surface area contributed by atoms with Crippen LogP contribution in [0.4, 0.5) is 17.1 Å². The Morgan fingerprint density at radius 3 is 1.98 bits per heavy atom. The van der Waals surface area contributed by atoms with Gasteiger partial charge in [-0.3, -0.25) is 0 Å². The summed E-state index contributed by atoms with van der Waals surface area (Å²) in [6.45, 7) is 0. The van der Waals surface area contributed by atoms with E-state index in [0.717, 1.165) is 83.5 Å². The molecule has 0 N–H and O–H groups in total. The van der Waals surface area contributed by atoms with Crippen molar-refractivity contribution in [3.63, 3.8) is 0 Å². The van der Waals surface area contributed by atoms with Gasteiger partial charge >= 0.3 is 0 Å². The lowest BCUT2D eigenvalue weighted by atomic mass is 10.0. The predicted octanol–water partition coefficient (Wildman–Crippen LogP) is 13.6. The molecule has 0 aliphatic carbocycles. The third kappa shape index (κ3) is 4.76. The molecule has 0 amide bonds. The SMILES string of the molecule is c1ccc(-c2cccc(N(c3ccc4c(c3)oc3ccc5nc(-c6ccccc6)oc5c34)c3cccc4c5ccccc5n(-c5ccccc5)c34)c2)cc1. The molecule has 5 heteroatoms. The number of hydrogen-bond acceptors (Lipinski definition) is 4. The van der Waals surface area contributed by atoms with E-state index < -0.39 is 0 Å². The zero-order chi connectivity index (χ0) is 35.6. The van der Waals surface area contributed by atoms with Gasteiger partial charge in [0.05, 0.1) is 22.1 Å². The van der Waals surface area contributed by atoms with E-state index in [1.165, 1.54) is 10.8 Å². The highest BCUT2D eigenvalue weighted by molar-refractivity contribution is 6.18. The number of para-hydroxylation sites is 3. The van der Waals surface area contributed by atoms with Crippen molar-refractivity contribution in [3.05, 3.63) is 188 Å². The molecular weight excluding hydrogens is 663 g/mol. The van der Waals surface area contributed by atoms with E-state index in [0.29, 0.717) is 5.89 Å². The molecular formula is C49H31N3O2. The molecule has 54 heavy (non-hydrogen) atoms. The second-order valence-electron chi connectivity index (χ2n) is 13.6. The second kappa shape index (κ2) is 12.1. The van der Waals surface area contributed by atoms with E-state index in [9.17, 15) is 0 Å². The Bertz CT molecular complexity index is 3160. The van der Waals surface area contributed by atoms with Gasteiger partial charge in [-0.15, -0.1) is 0 Å². The summed E-state index contributed by atoms with van der Waals surface area (Å²) in [5.41, 5.74) is 12.7. The highest BCUT2D eigenvalue weighted by Crippen LogP contribution is 2.46. The second-order valence-corrected chi connectivity index (χ2v) is 13.6. The topological polar surface area (TPSA) is 47.3 Å². The minimum Gasteiger partial charge on any atom is -0.456 e. The number of aromatic nitrogens is 2. The van der Waals surface area contributed by atoms with Crippen LogP contribution in [-0.4, -0.2) is 9.55 Å². The summed E-state index contributed by atoms with van der Waals surface area (Å²) >= 11 is 0. The molecule has 11 rings (SSSR count). The maximum atomic E-state index is 6.64. The van der Waals surface area contributed by atoms with E-state index in [-0.39, 0.29) is 0 Å². The first-order valence-electron chi connectivity index (χ1n) is 18.1. The quantitative estimate of drug-likeness (QED) is 0.174. The van der Waals surface area contributed by atoms with E-state index in [2.05, 4.69) is 155 Å². The van der Waals surface area contributed by atoms with Gasteiger partial charge in [0.25, 0.3) is 0 Å². The smallest absolute Gasteiger partial charge is 0.227 e. The molecule has 0 saturated carbocycles. The number of fused-ring (bicyclic) bond motifs is 8. The third-order valence-electron chi connectivity index (χ3n) is 10.4. The molecule has 3 aromatic heterocycles. The van der Waals surface area contributed by atoms with Gasteiger partial charge in [-0.25, -0.2) is 4.98 Å². The average molecular weight is 694 g/mol. The molecule has 0 atom stereocenters. The number of rotatable bonds is 6. The lowest BCUT2D eigenvalue weighted by Crippen LogP contribution is -2.11. The zero-order valence-electron chi connectivity index (χ0n) is 29.1. The molecule has 0 unspecified atom stereocenters. The van der Waals surface area contributed by atoms with Gasteiger partial charge in [0.1, 0.15) is 16.7 Å². The summed E-state index contributed by atoms with van der Waals surface area (Å²) in [4.78, 5) is 7.20. The zero-order valence-corrected chi connectivity index (χ0v) is 29.1. The molecule has 8 aromatic carbocycles. The first kappa shape index (κ1) is 30.3. The van der Waals surface area contributed by atoms with Crippen LogP contribution in [-0.2, 0) is 0 Å². The van der Waals surface area contributed by atoms with Crippen molar-refractivity contribution < 1.29 is 8.83 Å². The van der Waals surface area contributed by atoms with Crippen LogP contribution in [0.2, 0.25) is 0 Å². The van der Waals surface area contributed by atoms with Crippen LogP contribution in [0.1, 0.15) is 0 Å². The van der Waals surface area contributed by atoms with Gasteiger partial charge in [0, 0.05) is 44.9 Å². The van der Waals surface area contributed by atoms with Crippen LogP contribution in [0, 0.1) is 0 Å². The van der Waals surface area contributed by atoms with Crippen molar-refractivity contribution in [2.75, 3.05) is 4.90 Å². The van der Waals surface area contributed by atoms with Crippen LogP contribution < -0.4 is 4.90 Å². The number of furan rings is 1. The van der Waals surface area contributed by atoms with Crippen LogP contribution in [0.5, 0.6) is 0 Å². The van der Waals surface area contributed by atoms with Gasteiger partial charge in [-0.05, 0) is 83.9 Å². The Morgan fingerprint density at radius 2 is 1.15 bits per heavy atom. The normalized spacial score (nSPS) is 11.7. The number of hydrogen-bond donors (Lipinski definition) is 0. The Morgan fingerprint density at radius 1 is 0.463 bits per heavy atom. The number of oxazole rings is 1. The summed E-state index contributed by atoms with van der Waals surface area (Å²) in [6, 6.07) is 65.7. The first-order chi connectivity index (χ1) is 26.8. The molecule has 0 radical (unpaired) electrons. The monoisotopic (exact) mass is 693 g/mol. The summed E-state index contributed by atoms with van der Waals surface area (Å²) in [5.74, 6) is 0.593.